The molecule has 21 heavy (non-hydrogen) atoms. The SMILES string of the molecule is CC(C)NC(=O)C[NH+](C)Cn1nc(-c2ccco2)oc1=S. The molecule has 0 aliphatic carbocycles. The Bertz CT molecular complexity index is 645. The van der Waals surface area contributed by atoms with Gasteiger partial charge in [0.1, 0.15) is 0 Å². The van der Waals surface area contributed by atoms with Gasteiger partial charge in [0.25, 0.3) is 16.6 Å². The third-order valence-electron chi connectivity index (χ3n) is 2.67. The van der Waals surface area contributed by atoms with E-state index in [-0.39, 0.29) is 16.8 Å². The van der Waals surface area contributed by atoms with Gasteiger partial charge in [-0.25, -0.2) is 0 Å². The van der Waals surface area contributed by atoms with Gasteiger partial charge >= 0.3 is 0 Å². The van der Waals surface area contributed by atoms with E-state index in [9.17, 15) is 4.79 Å². The number of hydrogen-bond donors (Lipinski definition) is 2. The van der Waals surface area contributed by atoms with E-state index in [0.717, 1.165) is 4.90 Å². The van der Waals surface area contributed by atoms with Crippen LogP contribution in [0.25, 0.3) is 11.7 Å². The summed E-state index contributed by atoms with van der Waals surface area (Å²) >= 11 is 5.13. The number of nitrogens with zero attached hydrogens (tertiary/aromatic N) is 2. The molecule has 0 fully saturated rings. The van der Waals surface area contributed by atoms with Gasteiger partial charge in [0, 0.05) is 6.04 Å². The van der Waals surface area contributed by atoms with E-state index in [1.54, 1.807) is 23.1 Å². The minimum absolute atomic E-state index is 0.0104. The van der Waals surface area contributed by atoms with Crippen LogP contribution >= 0.6 is 12.2 Å². The van der Waals surface area contributed by atoms with Crippen molar-refractivity contribution in [1.29, 1.82) is 0 Å². The van der Waals surface area contributed by atoms with Gasteiger partial charge < -0.3 is 19.1 Å². The lowest BCUT2D eigenvalue weighted by molar-refractivity contribution is -0.895. The molecule has 2 N–H and O–H groups in total. The Labute approximate surface area is 127 Å². The monoisotopic (exact) mass is 311 g/mol. The zero-order valence-corrected chi connectivity index (χ0v) is 13.1. The first-order valence-electron chi connectivity index (χ1n) is 6.68. The number of nitrogens with one attached hydrogen (secondary N) is 2. The molecule has 8 heteroatoms. The van der Waals surface area contributed by atoms with Crippen LogP contribution in [0.2, 0.25) is 0 Å². The summed E-state index contributed by atoms with van der Waals surface area (Å²) in [5.41, 5.74) is 0. The molecule has 0 saturated heterocycles. The van der Waals surface area contributed by atoms with Crippen molar-refractivity contribution in [3.63, 3.8) is 0 Å². The minimum Gasteiger partial charge on any atom is -0.459 e. The lowest BCUT2D eigenvalue weighted by atomic mass is 10.4. The van der Waals surface area contributed by atoms with E-state index in [1.165, 1.54) is 0 Å². The molecule has 114 valence electrons. The molecule has 7 nitrogen and oxygen atoms in total. The highest BCUT2D eigenvalue weighted by Gasteiger charge is 2.15. The van der Waals surface area contributed by atoms with Crippen molar-refractivity contribution in [1.82, 2.24) is 15.1 Å². The summed E-state index contributed by atoms with van der Waals surface area (Å²) in [5.74, 6) is 0.850. The Hall–Kier alpha value is -1.93. The number of quaternary nitrogens is 1. The maximum Gasteiger partial charge on any atom is 0.292 e. The number of carbonyl (C=O) groups excluding carboxylic acids is 1. The molecule has 1 unspecified atom stereocenters. The zero-order chi connectivity index (χ0) is 15.4. The first-order valence-corrected chi connectivity index (χ1v) is 7.09. The number of furan rings is 1. The molecule has 0 spiro atoms. The van der Waals surface area contributed by atoms with Gasteiger partial charge in [0.05, 0.1) is 13.3 Å². The van der Waals surface area contributed by atoms with Crippen molar-refractivity contribution in [2.24, 2.45) is 0 Å². The van der Waals surface area contributed by atoms with Gasteiger partial charge in [0.2, 0.25) is 0 Å². The van der Waals surface area contributed by atoms with Crippen LogP contribution in [-0.2, 0) is 11.5 Å². The Morgan fingerprint density at radius 3 is 2.95 bits per heavy atom. The van der Waals surface area contributed by atoms with E-state index in [4.69, 9.17) is 21.1 Å². The van der Waals surface area contributed by atoms with Gasteiger partial charge in [0.15, 0.2) is 19.0 Å². The first-order chi connectivity index (χ1) is 9.95. The Morgan fingerprint density at radius 2 is 2.33 bits per heavy atom. The fraction of sp³-hybridized carbons (Fsp3) is 0.462. The summed E-state index contributed by atoms with van der Waals surface area (Å²) in [5, 5.41) is 7.11. The van der Waals surface area contributed by atoms with E-state index in [2.05, 4.69) is 10.4 Å². The van der Waals surface area contributed by atoms with Gasteiger partial charge in [-0.05, 0) is 38.2 Å². The second kappa shape index (κ2) is 6.68. The third-order valence-corrected chi connectivity index (χ3v) is 2.96. The van der Waals surface area contributed by atoms with Gasteiger partial charge in [-0.3, -0.25) is 4.79 Å². The number of carbonyl (C=O) groups is 1. The van der Waals surface area contributed by atoms with Crippen LogP contribution in [0, 0.1) is 4.84 Å². The third kappa shape index (κ3) is 4.27. The van der Waals surface area contributed by atoms with Crippen LogP contribution in [0.4, 0.5) is 0 Å². The number of amides is 1. The largest absolute Gasteiger partial charge is 0.459 e. The molecular weight excluding hydrogens is 292 g/mol. The summed E-state index contributed by atoms with van der Waals surface area (Å²) < 4.78 is 12.1. The number of rotatable bonds is 6. The molecule has 2 heterocycles. The predicted molar refractivity (Wildman–Crippen MR) is 78.1 cm³/mol. The molecule has 0 bridgehead atoms. The van der Waals surface area contributed by atoms with Crippen LogP contribution in [-0.4, -0.2) is 35.3 Å². The molecule has 0 radical (unpaired) electrons. The zero-order valence-electron chi connectivity index (χ0n) is 12.3. The van der Waals surface area contributed by atoms with Crippen LogP contribution in [0.5, 0.6) is 0 Å². The molecule has 0 saturated carbocycles. The fourth-order valence-electron chi connectivity index (χ4n) is 1.86. The highest BCUT2D eigenvalue weighted by molar-refractivity contribution is 7.71. The average Bonchev–Trinajstić information content (AvgIpc) is 2.98. The highest BCUT2D eigenvalue weighted by atomic mass is 32.1. The normalized spacial score (nSPS) is 12.6. The molecule has 1 atom stereocenters. The van der Waals surface area contributed by atoms with E-state index < -0.39 is 0 Å². The van der Waals surface area contributed by atoms with Gasteiger partial charge in [-0.1, -0.05) is 0 Å². The Kier molecular flexibility index (Phi) is 4.92. The summed E-state index contributed by atoms with van der Waals surface area (Å²) in [4.78, 5) is 12.9. The second-order valence-electron chi connectivity index (χ2n) is 5.16. The number of likely N-dealkylation sites (N-methyl/N-ethyl adjacent to an activating group) is 1. The highest BCUT2D eigenvalue weighted by Crippen LogP contribution is 2.17. The molecule has 2 aromatic rings. The molecule has 0 aromatic carbocycles. The number of hydrogen-bond acceptors (Lipinski definition) is 5. The lowest BCUT2D eigenvalue weighted by Crippen LogP contribution is -3.09. The minimum atomic E-state index is -0.0104. The van der Waals surface area contributed by atoms with Crippen LogP contribution < -0.4 is 10.2 Å². The van der Waals surface area contributed by atoms with Crippen molar-refractivity contribution in [3.05, 3.63) is 23.2 Å². The van der Waals surface area contributed by atoms with Crippen LogP contribution in [0.3, 0.4) is 0 Å². The van der Waals surface area contributed by atoms with E-state index >= 15 is 0 Å². The maximum absolute atomic E-state index is 11.7. The van der Waals surface area contributed by atoms with E-state index in [0.29, 0.717) is 24.9 Å². The number of aromatic nitrogens is 2. The lowest BCUT2D eigenvalue weighted by Gasteiger charge is -2.14. The standard InChI is InChI=1S/C13H18N4O3S/c1-9(2)14-11(18)7-16(3)8-17-13(21)20-12(15-17)10-5-4-6-19-10/h4-6,9H,7-8H2,1-3H3,(H,14,18)/p+1. The summed E-state index contributed by atoms with van der Waals surface area (Å²) in [6.07, 6.45) is 1.54. The van der Waals surface area contributed by atoms with Crippen molar-refractivity contribution in [2.75, 3.05) is 13.6 Å². The summed E-state index contributed by atoms with van der Waals surface area (Å²) in [6.45, 7) is 4.63. The summed E-state index contributed by atoms with van der Waals surface area (Å²) in [7, 11) is 1.89. The Morgan fingerprint density at radius 1 is 1.57 bits per heavy atom. The molecule has 0 aliphatic heterocycles. The molecule has 1 amide bonds. The van der Waals surface area contributed by atoms with Crippen molar-refractivity contribution in [3.8, 4) is 11.7 Å². The Balaban J connectivity index is 2.00. The van der Waals surface area contributed by atoms with Gasteiger partial charge in [-0.15, -0.1) is 5.10 Å². The van der Waals surface area contributed by atoms with Crippen molar-refractivity contribution in [2.45, 2.75) is 26.6 Å². The van der Waals surface area contributed by atoms with Crippen LogP contribution in [0.15, 0.2) is 27.2 Å². The maximum atomic E-state index is 11.7. The van der Waals surface area contributed by atoms with E-state index in [1.807, 2.05) is 20.9 Å². The van der Waals surface area contributed by atoms with Gasteiger partial charge in [-0.2, -0.15) is 4.68 Å². The average molecular weight is 311 g/mol. The van der Waals surface area contributed by atoms with Crippen LogP contribution in [0.1, 0.15) is 13.8 Å². The molecule has 2 aromatic heterocycles. The molecule has 0 aliphatic rings. The quantitative estimate of drug-likeness (QED) is 0.758. The molecular formula is C13H19N4O3S+. The molecule has 2 rings (SSSR count). The van der Waals surface area contributed by atoms with Crippen molar-refractivity contribution < 1.29 is 18.5 Å². The topological polar surface area (TPSA) is 77.6 Å². The fourth-order valence-corrected chi connectivity index (χ4v) is 2.05. The van der Waals surface area contributed by atoms with Crippen molar-refractivity contribution >= 4 is 18.1 Å². The predicted octanol–water partition coefficient (Wildman–Crippen LogP) is 0.462. The summed E-state index contributed by atoms with van der Waals surface area (Å²) in [6, 6.07) is 3.63. The first kappa shape index (κ1) is 15.5. The smallest absolute Gasteiger partial charge is 0.292 e. The second-order valence-corrected chi connectivity index (χ2v) is 5.51.